The Balaban J connectivity index is 1.37. The Bertz CT molecular complexity index is 1310. The van der Waals surface area contributed by atoms with Gasteiger partial charge in [-0.15, -0.1) is 11.8 Å². The van der Waals surface area contributed by atoms with E-state index in [4.69, 9.17) is 23.2 Å². The zero-order valence-electron chi connectivity index (χ0n) is 19.9. The summed E-state index contributed by atoms with van der Waals surface area (Å²) in [4.78, 5) is 14.3. The number of rotatable bonds is 8. The molecule has 1 amide bonds. The number of amides is 1. The summed E-state index contributed by atoms with van der Waals surface area (Å²) in [5, 5.41) is 3.65. The van der Waals surface area contributed by atoms with Crippen LogP contribution in [0.1, 0.15) is 29.5 Å². The van der Waals surface area contributed by atoms with Gasteiger partial charge in [0.2, 0.25) is 15.9 Å². The van der Waals surface area contributed by atoms with Crippen molar-refractivity contribution in [1.29, 1.82) is 0 Å². The Morgan fingerprint density at radius 1 is 1.06 bits per heavy atom. The third-order valence-corrected chi connectivity index (χ3v) is 9.80. The van der Waals surface area contributed by atoms with Crippen LogP contribution in [0.3, 0.4) is 0 Å². The lowest BCUT2D eigenvalue weighted by molar-refractivity contribution is -0.120. The number of piperidine rings is 1. The largest absolute Gasteiger partial charge is 0.326 e. The van der Waals surface area contributed by atoms with Gasteiger partial charge in [-0.3, -0.25) is 4.79 Å². The van der Waals surface area contributed by atoms with Crippen LogP contribution in [0.2, 0.25) is 10.0 Å². The zero-order chi connectivity index (χ0) is 25.7. The SMILES string of the molecule is Cc1cc(CSc2ccccc2)ccc1NC(=O)C1CCCN(S(=O)(=O)Cc2c(Cl)cccc2Cl)C1. The topological polar surface area (TPSA) is 66.5 Å². The summed E-state index contributed by atoms with van der Waals surface area (Å²) in [6.07, 6.45) is 1.25. The van der Waals surface area contributed by atoms with E-state index < -0.39 is 15.9 Å². The van der Waals surface area contributed by atoms with Crippen LogP contribution < -0.4 is 5.32 Å². The monoisotopic (exact) mass is 562 g/mol. The molecule has 0 radical (unpaired) electrons. The van der Waals surface area contributed by atoms with Crippen LogP contribution in [0.15, 0.2) is 71.6 Å². The van der Waals surface area contributed by atoms with Gasteiger partial charge in [0.05, 0.1) is 11.7 Å². The standard InChI is InChI=1S/C27H28Cl2N2O3S2/c1-19-15-20(17-35-22-8-3-2-4-9-22)12-13-26(19)30-27(32)21-7-6-14-31(16-21)36(33,34)18-23-24(28)10-5-11-25(23)29/h2-5,8-13,15,21H,6-7,14,16-18H2,1H3,(H,30,32). The molecule has 1 unspecified atom stereocenters. The number of anilines is 1. The number of benzene rings is 3. The van der Waals surface area contributed by atoms with Gasteiger partial charge in [0.1, 0.15) is 0 Å². The van der Waals surface area contributed by atoms with E-state index in [2.05, 4.69) is 23.5 Å². The van der Waals surface area contributed by atoms with Crippen LogP contribution in [-0.2, 0) is 26.3 Å². The highest BCUT2D eigenvalue weighted by molar-refractivity contribution is 7.98. The fraction of sp³-hybridized carbons (Fsp3) is 0.296. The molecule has 190 valence electrons. The number of nitrogens with one attached hydrogen (secondary N) is 1. The zero-order valence-corrected chi connectivity index (χ0v) is 23.1. The lowest BCUT2D eigenvalue weighted by Gasteiger charge is -2.31. The summed E-state index contributed by atoms with van der Waals surface area (Å²) in [6.45, 7) is 2.49. The van der Waals surface area contributed by atoms with Gasteiger partial charge in [0.25, 0.3) is 0 Å². The number of aryl methyl sites for hydroxylation is 1. The van der Waals surface area contributed by atoms with Crippen LogP contribution in [0.4, 0.5) is 5.69 Å². The molecule has 1 saturated heterocycles. The van der Waals surface area contributed by atoms with E-state index in [-0.39, 0.29) is 18.2 Å². The number of thioether (sulfide) groups is 1. The molecule has 0 bridgehead atoms. The second-order valence-corrected chi connectivity index (χ2v) is 12.7. The Morgan fingerprint density at radius 3 is 2.47 bits per heavy atom. The fourth-order valence-corrected chi connectivity index (χ4v) is 7.45. The predicted octanol–water partition coefficient (Wildman–Crippen LogP) is 6.77. The first-order valence-electron chi connectivity index (χ1n) is 11.7. The number of nitrogens with zero attached hydrogens (tertiary/aromatic N) is 1. The number of carbonyl (C=O) groups excluding carboxylic acids is 1. The summed E-state index contributed by atoms with van der Waals surface area (Å²) < 4.78 is 27.6. The van der Waals surface area contributed by atoms with Crippen molar-refractivity contribution >= 4 is 56.6 Å². The molecule has 1 atom stereocenters. The van der Waals surface area contributed by atoms with Crippen molar-refractivity contribution in [2.45, 2.75) is 36.2 Å². The molecule has 1 aliphatic rings. The van der Waals surface area contributed by atoms with Gasteiger partial charge in [-0.2, -0.15) is 0 Å². The summed E-state index contributed by atoms with van der Waals surface area (Å²) in [6, 6.07) is 21.2. The maximum Gasteiger partial charge on any atom is 0.228 e. The van der Waals surface area contributed by atoms with E-state index in [1.165, 1.54) is 14.8 Å². The van der Waals surface area contributed by atoms with E-state index in [1.54, 1.807) is 30.0 Å². The molecule has 1 heterocycles. The molecule has 4 rings (SSSR count). The lowest BCUT2D eigenvalue weighted by Crippen LogP contribution is -2.44. The summed E-state index contributed by atoms with van der Waals surface area (Å²) in [7, 11) is -3.68. The minimum absolute atomic E-state index is 0.140. The average Bonchev–Trinajstić information content (AvgIpc) is 2.87. The first kappa shape index (κ1) is 27.0. The van der Waals surface area contributed by atoms with Crippen molar-refractivity contribution in [2.75, 3.05) is 18.4 Å². The molecule has 36 heavy (non-hydrogen) atoms. The molecule has 9 heteroatoms. The third kappa shape index (κ3) is 6.84. The second-order valence-electron chi connectivity index (χ2n) is 8.89. The molecule has 1 aliphatic heterocycles. The smallest absolute Gasteiger partial charge is 0.228 e. The average molecular weight is 564 g/mol. The van der Waals surface area contributed by atoms with E-state index in [0.717, 1.165) is 17.0 Å². The number of carbonyl (C=O) groups is 1. The van der Waals surface area contributed by atoms with Gasteiger partial charge >= 0.3 is 0 Å². The lowest BCUT2D eigenvalue weighted by atomic mass is 9.98. The molecular weight excluding hydrogens is 535 g/mol. The first-order chi connectivity index (χ1) is 17.2. The molecule has 0 aliphatic carbocycles. The highest BCUT2D eigenvalue weighted by Crippen LogP contribution is 2.30. The highest BCUT2D eigenvalue weighted by Gasteiger charge is 2.33. The van der Waals surface area contributed by atoms with Crippen molar-refractivity contribution in [2.24, 2.45) is 5.92 Å². The fourth-order valence-electron chi connectivity index (χ4n) is 4.23. The number of hydrogen-bond donors (Lipinski definition) is 1. The van der Waals surface area contributed by atoms with Crippen molar-refractivity contribution in [3.63, 3.8) is 0 Å². The normalized spacial score (nSPS) is 16.6. The molecule has 0 saturated carbocycles. The summed E-state index contributed by atoms with van der Waals surface area (Å²) >= 11 is 14.1. The van der Waals surface area contributed by atoms with E-state index in [1.807, 2.05) is 37.3 Å². The van der Waals surface area contributed by atoms with Crippen molar-refractivity contribution in [3.8, 4) is 0 Å². The quantitative estimate of drug-likeness (QED) is 0.307. The van der Waals surface area contributed by atoms with Crippen molar-refractivity contribution < 1.29 is 13.2 Å². The molecule has 0 aromatic heterocycles. The van der Waals surface area contributed by atoms with Crippen LogP contribution >= 0.6 is 35.0 Å². The van der Waals surface area contributed by atoms with E-state index >= 15 is 0 Å². The number of hydrogen-bond acceptors (Lipinski definition) is 4. The molecule has 5 nitrogen and oxygen atoms in total. The predicted molar refractivity (Wildman–Crippen MR) is 149 cm³/mol. The number of halogens is 2. The molecule has 0 spiro atoms. The first-order valence-corrected chi connectivity index (χ1v) is 15.1. The van der Waals surface area contributed by atoms with Crippen LogP contribution in [0.5, 0.6) is 0 Å². The molecular formula is C27H28Cl2N2O3S2. The molecule has 3 aromatic carbocycles. The third-order valence-electron chi connectivity index (χ3n) is 6.23. The molecule has 3 aromatic rings. The van der Waals surface area contributed by atoms with Crippen LogP contribution in [-0.4, -0.2) is 31.7 Å². The van der Waals surface area contributed by atoms with Gasteiger partial charge in [0, 0.05) is 45.0 Å². The van der Waals surface area contributed by atoms with Gasteiger partial charge in [-0.1, -0.05) is 59.6 Å². The Labute approximate surface area is 227 Å². The van der Waals surface area contributed by atoms with Crippen LogP contribution in [0, 0.1) is 12.8 Å². The highest BCUT2D eigenvalue weighted by atomic mass is 35.5. The minimum Gasteiger partial charge on any atom is -0.326 e. The Kier molecular flexibility index (Phi) is 9.01. The minimum atomic E-state index is -3.68. The second kappa shape index (κ2) is 12.0. The van der Waals surface area contributed by atoms with Gasteiger partial charge in [-0.25, -0.2) is 12.7 Å². The summed E-state index contributed by atoms with van der Waals surface area (Å²) in [5.41, 5.74) is 3.28. The Morgan fingerprint density at radius 2 is 1.78 bits per heavy atom. The van der Waals surface area contributed by atoms with Crippen molar-refractivity contribution in [3.05, 3.63) is 93.5 Å². The number of sulfonamides is 1. The molecule has 1 fully saturated rings. The van der Waals surface area contributed by atoms with Gasteiger partial charge in [0.15, 0.2) is 0 Å². The maximum atomic E-state index is 13.1. The maximum absolute atomic E-state index is 13.1. The van der Waals surface area contributed by atoms with E-state index in [0.29, 0.717) is 35.0 Å². The van der Waals surface area contributed by atoms with Crippen LogP contribution in [0.25, 0.3) is 0 Å². The molecule has 1 N–H and O–H groups in total. The van der Waals surface area contributed by atoms with E-state index in [9.17, 15) is 13.2 Å². The van der Waals surface area contributed by atoms with Gasteiger partial charge < -0.3 is 5.32 Å². The van der Waals surface area contributed by atoms with Crippen molar-refractivity contribution in [1.82, 2.24) is 4.31 Å². The Hall–Kier alpha value is -2.03. The summed E-state index contributed by atoms with van der Waals surface area (Å²) in [5.74, 6) is -0.0473. The van der Waals surface area contributed by atoms with Gasteiger partial charge in [-0.05, 0) is 61.2 Å².